The van der Waals surface area contributed by atoms with Crippen molar-refractivity contribution in [1.82, 2.24) is 10.2 Å². The summed E-state index contributed by atoms with van der Waals surface area (Å²) in [5, 5.41) is 2.86. The van der Waals surface area contributed by atoms with E-state index in [0.717, 1.165) is 32.7 Å². The molecule has 1 N–H and O–H groups in total. The van der Waals surface area contributed by atoms with Gasteiger partial charge in [-0.15, -0.1) is 0 Å². The number of amides is 2. The summed E-state index contributed by atoms with van der Waals surface area (Å²) < 4.78 is 10.3. The third-order valence-electron chi connectivity index (χ3n) is 2.93. The highest BCUT2D eigenvalue weighted by atomic mass is 16.6. The number of nitrogens with one attached hydrogen (secondary N) is 1. The van der Waals surface area contributed by atoms with E-state index in [1.807, 2.05) is 4.90 Å². The highest BCUT2D eigenvalue weighted by molar-refractivity contribution is 5.77. The number of epoxide rings is 2. The summed E-state index contributed by atoms with van der Waals surface area (Å²) in [6.07, 6.45) is 1.63. The van der Waals surface area contributed by atoms with Crippen molar-refractivity contribution >= 4 is 6.03 Å². The van der Waals surface area contributed by atoms with Crippen molar-refractivity contribution in [3.05, 3.63) is 0 Å². The van der Waals surface area contributed by atoms with Crippen LogP contribution in [0, 0.1) is 0 Å². The van der Waals surface area contributed by atoms with Gasteiger partial charge in [-0.05, 0) is 6.42 Å². The predicted octanol–water partition coefficient (Wildman–Crippen LogP) is -0.432. The zero-order chi connectivity index (χ0) is 9.54. The van der Waals surface area contributed by atoms with Gasteiger partial charge in [0.2, 0.25) is 0 Å². The Labute approximate surface area is 82.3 Å². The van der Waals surface area contributed by atoms with Gasteiger partial charge in [-0.2, -0.15) is 0 Å². The smallest absolute Gasteiger partial charge is 0.317 e. The molecular weight excluding hydrogens is 184 g/mol. The maximum atomic E-state index is 11.5. The van der Waals surface area contributed by atoms with Gasteiger partial charge >= 0.3 is 6.03 Å². The molecule has 2 amide bonds. The molecule has 0 aromatic heterocycles. The second kappa shape index (κ2) is 3.10. The van der Waals surface area contributed by atoms with Gasteiger partial charge in [0.1, 0.15) is 0 Å². The maximum Gasteiger partial charge on any atom is 0.317 e. The Kier molecular flexibility index (Phi) is 1.88. The zero-order valence-corrected chi connectivity index (χ0v) is 7.94. The van der Waals surface area contributed by atoms with Crippen LogP contribution in [0.15, 0.2) is 0 Å². The van der Waals surface area contributed by atoms with E-state index in [2.05, 4.69) is 5.32 Å². The molecular formula is C9H14N2O3. The van der Waals surface area contributed by atoms with E-state index in [-0.39, 0.29) is 12.1 Å². The standard InChI is InChI=1S/C9H14N2O3/c12-9-10-2-6(1-7-4-13-7)11(9)3-8-5-14-8/h6-8H,1-5H2,(H,10,12). The lowest BCUT2D eigenvalue weighted by Crippen LogP contribution is -2.37. The lowest BCUT2D eigenvalue weighted by atomic mass is 10.1. The van der Waals surface area contributed by atoms with E-state index in [1.54, 1.807) is 0 Å². The largest absolute Gasteiger partial charge is 0.373 e. The van der Waals surface area contributed by atoms with Gasteiger partial charge in [0, 0.05) is 6.54 Å². The molecule has 3 rings (SSSR count). The molecule has 0 saturated carbocycles. The van der Waals surface area contributed by atoms with Gasteiger partial charge in [0.15, 0.2) is 0 Å². The fourth-order valence-electron chi connectivity index (χ4n) is 1.93. The maximum absolute atomic E-state index is 11.5. The van der Waals surface area contributed by atoms with Crippen LogP contribution in [0.3, 0.4) is 0 Å². The van der Waals surface area contributed by atoms with Crippen LogP contribution in [0.5, 0.6) is 0 Å². The van der Waals surface area contributed by atoms with E-state index >= 15 is 0 Å². The van der Waals surface area contributed by atoms with Crippen LogP contribution >= 0.6 is 0 Å². The quantitative estimate of drug-likeness (QED) is 0.623. The van der Waals surface area contributed by atoms with Crippen molar-refractivity contribution in [3.8, 4) is 0 Å². The third-order valence-corrected chi connectivity index (χ3v) is 2.93. The van der Waals surface area contributed by atoms with Gasteiger partial charge in [0.25, 0.3) is 0 Å². The van der Waals surface area contributed by atoms with Crippen molar-refractivity contribution in [1.29, 1.82) is 0 Å². The van der Waals surface area contributed by atoms with Crippen molar-refractivity contribution in [2.45, 2.75) is 24.7 Å². The molecule has 5 nitrogen and oxygen atoms in total. The van der Waals surface area contributed by atoms with Gasteiger partial charge in [-0.25, -0.2) is 4.79 Å². The normalized spacial score (nSPS) is 39.9. The average Bonchev–Trinajstić information content (AvgIpc) is 3.02. The lowest BCUT2D eigenvalue weighted by Gasteiger charge is -2.21. The molecule has 0 aliphatic carbocycles. The number of nitrogens with zero attached hydrogens (tertiary/aromatic N) is 1. The molecule has 0 aromatic rings. The van der Waals surface area contributed by atoms with E-state index in [9.17, 15) is 4.79 Å². The van der Waals surface area contributed by atoms with E-state index in [0.29, 0.717) is 12.1 Å². The summed E-state index contributed by atoms with van der Waals surface area (Å²) in [6, 6.07) is 0.352. The lowest BCUT2D eigenvalue weighted by molar-refractivity contribution is 0.189. The number of hydrogen-bond donors (Lipinski definition) is 1. The molecule has 3 aliphatic heterocycles. The number of rotatable bonds is 4. The minimum absolute atomic E-state index is 0.0474. The van der Waals surface area contributed by atoms with Gasteiger partial charge < -0.3 is 19.7 Å². The first-order chi connectivity index (χ1) is 6.83. The molecule has 3 atom stereocenters. The SMILES string of the molecule is O=C1NCC(CC2CO2)N1CC1CO1. The molecule has 0 spiro atoms. The van der Waals surface area contributed by atoms with Crippen LogP contribution in [0.4, 0.5) is 4.79 Å². The topological polar surface area (TPSA) is 57.4 Å². The Morgan fingerprint density at radius 1 is 1.36 bits per heavy atom. The summed E-state index contributed by atoms with van der Waals surface area (Å²) in [4.78, 5) is 13.4. The fourth-order valence-corrected chi connectivity index (χ4v) is 1.93. The Bertz CT molecular complexity index is 250. The van der Waals surface area contributed by atoms with Crippen LogP contribution < -0.4 is 5.32 Å². The van der Waals surface area contributed by atoms with Crippen molar-refractivity contribution in [3.63, 3.8) is 0 Å². The van der Waals surface area contributed by atoms with E-state index < -0.39 is 0 Å². The van der Waals surface area contributed by atoms with Gasteiger partial charge in [-0.3, -0.25) is 0 Å². The van der Waals surface area contributed by atoms with Crippen LogP contribution in [0.25, 0.3) is 0 Å². The number of ether oxygens (including phenoxy) is 2. The second-order valence-corrected chi connectivity index (χ2v) is 4.14. The Balaban J connectivity index is 1.59. The molecule has 78 valence electrons. The first kappa shape index (κ1) is 8.49. The monoisotopic (exact) mass is 198 g/mol. The van der Waals surface area contributed by atoms with Gasteiger partial charge in [0.05, 0.1) is 38.0 Å². The molecule has 0 bridgehead atoms. The number of carbonyl (C=O) groups excluding carboxylic acids is 1. The predicted molar refractivity (Wildman–Crippen MR) is 48.0 cm³/mol. The zero-order valence-electron chi connectivity index (χ0n) is 7.94. The number of carbonyl (C=O) groups is 1. The molecule has 3 unspecified atom stereocenters. The van der Waals surface area contributed by atoms with Crippen molar-refractivity contribution in [2.24, 2.45) is 0 Å². The molecule has 0 aromatic carbocycles. The average molecular weight is 198 g/mol. The fraction of sp³-hybridized carbons (Fsp3) is 0.889. The van der Waals surface area contributed by atoms with E-state index in [4.69, 9.17) is 9.47 Å². The minimum Gasteiger partial charge on any atom is -0.373 e. The number of urea groups is 1. The highest BCUT2D eigenvalue weighted by Gasteiger charge is 2.39. The van der Waals surface area contributed by atoms with Crippen LogP contribution in [0.1, 0.15) is 6.42 Å². The Morgan fingerprint density at radius 2 is 2.07 bits per heavy atom. The second-order valence-electron chi connectivity index (χ2n) is 4.14. The first-order valence-electron chi connectivity index (χ1n) is 5.10. The van der Waals surface area contributed by atoms with Gasteiger partial charge in [-0.1, -0.05) is 0 Å². The molecule has 0 radical (unpaired) electrons. The third kappa shape index (κ3) is 1.69. The summed E-state index contributed by atoms with van der Waals surface area (Å²) in [5.41, 5.74) is 0. The van der Waals surface area contributed by atoms with Crippen LogP contribution in [-0.4, -0.2) is 55.5 Å². The number of hydrogen-bond acceptors (Lipinski definition) is 3. The molecule has 3 fully saturated rings. The van der Waals surface area contributed by atoms with Crippen molar-refractivity contribution in [2.75, 3.05) is 26.3 Å². The highest BCUT2D eigenvalue weighted by Crippen LogP contribution is 2.23. The van der Waals surface area contributed by atoms with E-state index in [1.165, 1.54) is 0 Å². The molecule has 14 heavy (non-hydrogen) atoms. The van der Waals surface area contributed by atoms with Crippen LogP contribution in [-0.2, 0) is 9.47 Å². The van der Waals surface area contributed by atoms with Crippen LogP contribution in [0.2, 0.25) is 0 Å². The molecule has 5 heteroatoms. The Morgan fingerprint density at radius 3 is 2.71 bits per heavy atom. The summed E-state index contributed by atoms with van der Waals surface area (Å²) in [5.74, 6) is 0. The Hall–Kier alpha value is -0.810. The first-order valence-corrected chi connectivity index (χ1v) is 5.10. The minimum atomic E-state index is 0.0474. The summed E-state index contributed by atoms with van der Waals surface area (Å²) in [7, 11) is 0. The summed E-state index contributed by atoms with van der Waals surface area (Å²) >= 11 is 0. The molecule has 3 aliphatic rings. The molecule has 3 heterocycles. The summed E-state index contributed by atoms with van der Waals surface area (Å²) in [6.45, 7) is 3.16. The molecule has 3 saturated heterocycles. The van der Waals surface area contributed by atoms with Crippen molar-refractivity contribution < 1.29 is 14.3 Å².